The van der Waals surface area contributed by atoms with Crippen LogP contribution in [0.15, 0.2) is 75.0 Å². The van der Waals surface area contributed by atoms with Crippen LogP contribution in [-0.4, -0.2) is 17.1 Å². The fraction of sp³-hybridized carbons (Fsp3) is 0.179. The highest BCUT2D eigenvalue weighted by Gasteiger charge is 2.33. The highest BCUT2D eigenvalue weighted by Crippen LogP contribution is 2.33. The maximum atomic E-state index is 13.8. The van der Waals surface area contributed by atoms with Crippen molar-refractivity contribution in [3.8, 4) is 5.75 Å². The number of carbonyl (C=O) groups excluding carboxylic acids is 1. The molecular formula is C28H21ClI2N2O4S2. The fourth-order valence-corrected chi connectivity index (χ4v) is 8.32. The second-order valence-electron chi connectivity index (χ2n) is 8.55. The van der Waals surface area contributed by atoms with Gasteiger partial charge in [0.2, 0.25) is 0 Å². The lowest BCUT2D eigenvalue weighted by Crippen LogP contribution is -2.39. The first kappa shape index (κ1) is 28.5. The molecule has 1 aliphatic heterocycles. The van der Waals surface area contributed by atoms with E-state index in [1.165, 1.54) is 22.7 Å². The first-order valence-electron chi connectivity index (χ1n) is 11.9. The van der Waals surface area contributed by atoms with Crippen molar-refractivity contribution in [2.45, 2.75) is 26.5 Å². The predicted octanol–water partition coefficient (Wildman–Crippen LogP) is 6.30. The van der Waals surface area contributed by atoms with Gasteiger partial charge < -0.3 is 9.47 Å². The molecule has 1 atom stereocenters. The quantitative estimate of drug-likeness (QED) is 0.163. The molecule has 4 aromatic rings. The number of hydrogen-bond donors (Lipinski definition) is 0. The number of carbonyl (C=O) groups is 1. The van der Waals surface area contributed by atoms with Crippen LogP contribution in [0.3, 0.4) is 0 Å². The lowest BCUT2D eigenvalue weighted by Gasteiger charge is -2.23. The topological polar surface area (TPSA) is 69.9 Å². The molecule has 3 heterocycles. The summed E-state index contributed by atoms with van der Waals surface area (Å²) < 4.78 is 15.5. The van der Waals surface area contributed by atoms with Crippen LogP contribution in [0, 0.1) is 7.14 Å². The number of rotatable bonds is 7. The molecular weight excluding hydrogens is 782 g/mol. The first-order chi connectivity index (χ1) is 18.8. The van der Waals surface area contributed by atoms with Crippen LogP contribution in [0.1, 0.15) is 35.9 Å². The van der Waals surface area contributed by atoms with Crippen LogP contribution in [0.2, 0.25) is 5.02 Å². The van der Waals surface area contributed by atoms with E-state index in [1.807, 2.05) is 60.0 Å². The summed E-state index contributed by atoms with van der Waals surface area (Å²) in [5.41, 5.74) is 2.66. The molecule has 0 radical (unpaired) electrons. The Morgan fingerprint density at radius 1 is 1.18 bits per heavy atom. The number of allylic oxidation sites excluding steroid dienone is 1. The third kappa shape index (κ3) is 6.04. The smallest absolute Gasteiger partial charge is 0.338 e. The Bertz CT molecular complexity index is 1740. The molecule has 0 bridgehead atoms. The van der Waals surface area contributed by atoms with Gasteiger partial charge in [0.25, 0.3) is 5.56 Å². The molecule has 0 saturated heterocycles. The summed E-state index contributed by atoms with van der Waals surface area (Å²) in [7, 11) is 0. The molecule has 0 unspecified atom stereocenters. The van der Waals surface area contributed by atoms with Crippen molar-refractivity contribution in [1.29, 1.82) is 0 Å². The number of hydrogen-bond acceptors (Lipinski definition) is 7. The molecule has 0 saturated carbocycles. The van der Waals surface area contributed by atoms with Gasteiger partial charge in [-0.15, -0.1) is 11.3 Å². The highest BCUT2D eigenvalue weighted by molar-refractivity contribution is 14.1. The van der Waals surface area contributed by atoms with Gasteiger partial charge in [-0.05, 0) is 112 Å². The van der Waals surface area contributed by atoms with Crippen LogP contribution in [0.5, 0.6) is 5.75 Å². The summed E-state index contributed by atoms with van der Waals surface area (Å²) in [6.45, 7) is 4.22. The Morgan fingerprint density at radius 3 is 2.54 bits per heavy atom. The van der Waals surface area contributed by atoms with Gasteiger partial charge in [0.15, 0.2) is 4.80 Å². The Hall–Kier alpha value is -2.00. The molecule has 0 spiro atoms. The predicted molar refractivity (Wildman–Crippen MR) is 172 cm³/mol. The molecule has 39 heavy (non-hydrogen) atoms. The normalized spacial score (nSPS) is 15.2. The number of benzene rings is 2. The van der Waals surface area contributed by atoms with Crippen molar-refractivity contribution in [3.05, 3.63) is 113 Å². The van der Waals surface area contributed by atoms with Crippen LogP contribution in [0.25, 0.3) is 6.08 Å². The summed E-state index contributed by atoms with van der Waals surface area (Å²) >= 11 is 13.3. The van der Waals surface area contributed by atoms with E-state index in [0.717, 1.165) is 28.9 Å². The van der Waals surface area contributed by atoms with Gasteiger partial charge >= 0.3 is 5.97 Å². The van der Waals surface area contributed by atoms with Gasteiger partial charge in [0.1, 0.15) is 18.4 Å². The number of fused-ring (bicyclic) bond motifs is 1. The van der Waals surface area contributed by atoms with Gasteiger partial charge in [-0.2, -0.15) is 0 Å². The second kappa shape index (κ2) is 12.2. The van der Waals surface area contributed by atoms with Crippen LogP contribution < -0.4 is 19.6 Å². The monoisotopic (exact) mass is 802 g/mol. The summed E-state index contributed by atoms with van der Waals surface area (Å²) in [5.74, 6) is 0.335. The maximum Gasteiger partial charge on any atom is 0.338 e. The number of thiophene rings is 1. The van der Waals surface area contributed by atoms with E-state index in [2.05, 4.69) is 50.2 Å². The minimum absolute atomic E-state index is 0.195. The van der Waals surface area contributed by atoms with Gasteiger partial charge in [-0.25, -0.2) is 9.79 Å². The van der Waals surface area contributed by atoms with E-state index in [1.54, 1.807) is 18.4 Å². The summed E-state index contributed by atoms with van der Waals surface area (Å²) in [4.78, 5) is 32.7. The van der Waals surface area contributed by atoms with E-state index >= 15 is 0 Å². The zero-order chi connectivity index (χ0) is 27.7. The molecule has 200 valence electrons. The number of esters is 1. The zero-order valence-electron chi connectivity index (χ0n) is 20.7. The molecule has 0 N–H and O–H groups in total. The number of thiazole rings is 1. The Labute approximate surface area is 264 Å². The number of halogens is 3. The number of ether oxygens (including phenoxy) is 2. The van der Waals surface area contributed by atoms with Gasteiger partial charge in [0, 0.05) is 9.90 Å². The van der Waals surface area contributed by atoms with Crippen molar-refractivity contribution in [3.63, 3.8) is 0 Å². The largest absolute Gasteiger partial charge is 0.487 e. The van der Waals surface area contributed by atoms with Gasteiger partial charge in [0.05, 0.1) is 29.5 Å². The SMILES string of the molecule is CCOC(=O)C1=C(C)N=c2s/c(=C/c3cc(I)c(OCc4ccc(Cl)cc4)c(I)c3)c(=O)n2[C@@H]1c1cccs1. The van der Waals surface area contributed by atoms with Crippen molar-refractivity contribution < 1.29 is 14.3 Å². The molecule has 0 amide bonds. The average molecular weight is 803 g/mol. The summed E-state index contributed by atoms with van der Waals surface area (Å²) in [6.07, 6.45) is 1.87. The molecule has 5 rings (SSSR count). The first-order valence-corrected chi connectivity index (χ1v) is 16.1. The molecule has 11 heteroatoms. The lowest BCUT2D eigenvalue weighted by atomic mass is 10.0. The van der Waals surface area contributed by atoms with E-state index in [9.17, 15) is 9.59 Å². The standard InChI is InChI=1S/C28H21ClI2N2O4S2/c1-3-36-27(35)23-15(2)32-28-33(24(23)21-5-4-10-38-21)26(34)22(39-28)13-17-11-19(30)25(20(31)12-17)37-14-16-6-8-18(29)9-7-16/h4-13,24H,3,14H2,1-2H3/b22-13+/t24-/m1/s1. The third-order valence-corrected chi connectivity index (χ3v) is 9.71. The Kier molecular flexibility index (Phi) is 8.96. The van der Waals surface area contributed by atoms with Crippen LogP contribution in [-0.2, 0) is 16.1 Å². The van der Waals surface area contributed by atoms with Gasteiger partial charge in [-0.1, -0.05) is 41.1 Å². The molecule has 0 aliphatic carbocycles. The summed E-state index contributed by atoms with van der Waals surface area (Å²) in [6, 6.07) is 14.8. The molecule has 6 nitrogen and oxygen atoms in total. The minimum atomic E-state index is -0.577. The van der Waals surface area contributed by atoms with E-state index in [4.69, 9.17) is 21.1 Å². The van der Waals surface area contributed by atoms with Gasteiger partial charge in [-0.3, -0.25) is 9.36 Å². The van der Waals surface area contributed by atoms with Crippen LogP contribution >= 0.6 is 79.5 Å². The van der Waals surface area contributed by atoms with E-state index in [0.29, 0.717) is 32.2 Å². The lowest BCUT2D eigenvalue weighted by molar-refractivity contribution is -0.139. The van der Waals surface area contributed by atoms with E-state index < -0.39 is 12.0 Å². The van der Waals surface area contributed by atoms with Crippen molar-refractivity contribution in [2.24, 2.45) is 4.99 Å². The molecule has 1 aliphatic rings. The number of nitrogens with zero attached hydrogens (tertiary/aromatic N) is 2. The zero-order valence-corrected chi connectivity index (χ0v) is 27.4. The Balaban J connectivity index is 1.52. The van der Waals surface area contributed by atoms with E-state index in [-0.39, 0.29) is 12.2 Å². The maximum absolute atomic E-state index is 13.8. The molecule has 0 fully saturated rings. The number of aromatic nitrogens is 1. The van der Waals surface area contributed by atoms with Crippen LogP contribution in [0.4, 0.5) is 0 Å². The third-order valence-electron chi connectivity index (χ3n) is 5.94. The molecule has 2 aromatic heterocycles. The van der Waals surface area contributed by atoms with Crippen molar-refractivity contribution >= 4 is 91.5 Å². The highest BCUT2D eigenvalue weighted by atomic mass is 127. The fourth-order valence-electron chi connectivity index (χ4n) is 4.20. The van der Waals surface area contributed by atoms with Crippen molar-refractivity contribution in [2.75, 3.05) is 6.61 Å². The van der Waals surface area contributed by atoms with Crippen molar-refractivity contribution in [1.82, 2.24) is 4.57 Å². The Morgan fingerprint density at radius 2 is 1.90 bits per heavy atom. The summed E-state index contributed by atoms with van der Waals surface area (Å²) in [5, 5.41) is 2.62. The minimum Gasteiger partial charge on any atom is -0.487 e. The second-order valence-corrected chi connectivity index (χ2v) is 13.3. The average Bonchev–Trinajstić information content (AvgIpc) is 3.52. The molecule has 2 aromatic carbocycles.